The molecule has 3 amide bonds. The molecule has 0 saturated carbocycles. The van der Waals surface area contributed by atoms with E-state index in [4.69, 9.17) is 5.73 Å². The number of rotatable bonds is 4. The summed E-state index contributed by atoms with van der Waals surface area (Å²) < 4.78 is 0. The van der Waals surface area contributed by atoms with Gasteiger partial charge in [-0.3, -0.25) is 15.4 Å². The normalized spacial score (nSPS) is 12.2. The van der Waals surface area contributed by atoms with Crippen molar-refractivity contribution < 1.29 is 9.59 Å². The van der Waals surface area contributed by atoms with Crippen LogP contribution in [0.2, 0.25) is 0 Å². The summed E-state index contributed by atoms with van der Waals surface area (Å²) in [4.78, 5) is 22.5. The minimum Gasteiger partial charge on any atom is -0.351 e. The lowest BCUT2D eigenvalue weighted by Gasteiger charge is -2.20. The zero-order chi connectivity index (χ0) is 12.8. The molecule has 0 heterocycles. The van der Waals surface area contributed by atoms with Crippen molar-refractivity contribution in [2.24, 2.45) is 5.73 Å². The van der Waals surface area contributed by atoms with Crippen LogP contribution in [-0.2, 0) is 4.79 Å². The summed E-state index contributed by atoms with van der Waals surface area (Å²) >= 11 is 0. The third-order valence-electron chi connectivity index (χ3n) is 2.14. The Bertz CT molecular complexity index is 390. The number of hydrogen-bond donors (Lipinski definition) is 3. The maximum absolute atomic E-state index is 11.8. The van der Waals surface area contributed by atoms with Gasteiger partial charge in [0, 0.05) is 6.04 Å². The molecule has 1 rings (SSSR count). The third kappa shape index (κ3) is 4.24. The van der Waals surface area contributed by atoms with Gasteiger partial charge in [0.05, 0.1) is 0 Å². The Labute approximate surface area is 100 Å². The van der Waals surface area contributed by atoms with Crippen LogP contribution < -0.4 is 16.4 Å². The predicted molar refractivity (Wildman–Crippen MR) is 65.2 cm³/mol. The number of hydrogen-bond acceptors (Lipinski definition) is 3. The van der Waals surface area contributed by atoms with Crippen LogP contribution in [0.25, 0.3) is 0 Å². The number of amides is 3. The Morgan fingerprint density at radius 3 is 2.24 bits per heavy atom. The summed E-state index contributed by atoms with van der Waals surface area (Å²) in [5.41, 5.74) is 5.73. The summed E-state index contributed by atoms with van der Waals surface area (Å²) in [6, 6.07) is 7.86. The van der Waals surface area contributed by atoms with E-state index in [2.05, 4.69) is 10.6 Å². The van der Waals surface area contributed by atoms with E-state index in [0.717, 1.165) is 5.56 Å². The molecule has 0 fully saturated rings. The van der Waals surface area contributed by atoms with Crippen molar-refractivity contribution >= 4 is 11.9 Å². The van der Waals surface area contributed by atoms with Gasteiger partial charge in [0.25, 0.3) is 0 Å². The monoisotopic (exact) mass is 235 g/mol. The van der Waals surface area contributed by atoms with E-state index in [1.54, 1.807) is 0 Å². The molecule has 0 aliphatic carbocycles. The summed E-state index contributed by atoms with van der Waals surface area (Å²) in [7, 11) is 0. The molecule has 5 heteroatoms. The zero-order valence-electron chi connectivity index (χ0n) is 9.94. The zero-order valence-corrected chi connectivity index (χ0v) is 9.94. The smallest absolute Gasteiger partial charge is 0.318 e. The molecular weight excluding hydrogens is 218 g/mol. The summed E-state index contributed by atoms with van der Waals surface area (Å²) in [6.07, 6.45) is 0. The second-order valence-electron chi connectivity index (χ2n) is 4.02. The highest BCUT2D eigenvalue weighted by atomic mass is 16.2. The van der Waals surface area contributed by atoms with E-state index in [-0.39, 0.29) is 6.04 Å². The van der Waals surface area contributed by atoms with E-state index < -0.39 is 18.0 Å². The number of nitrogens with one attached hydrogen (secondary N) is 2. The molecule has 0 aromatic heterocycles. The average molecular weight is 235 g/mol. The minimum absolute atomic E-state index is 0.110. The van der Waals surface area contributed by atoms with E-state index >= 15 is 0 Å². The van der Waals surface area contributed by atoms with Crippen molar-refractivity contribution in [3.05, 3.63) is 35.9 Å². The second-order valence-corrected chi connectivity index (χ2v) is 4.02. The summed E-state index contributed by atoms with van der Waals surface area (Å²) in [6.45, 7) is 3.85. The van der Waals surface area contributed by atoms with Gasteiger partial charge in [-0.15, -0.1) is 0 Å². The molecule has 92 valence electrons. The minimum atomic E-state index is -0.846. The van der Waals surface area contributed by atoms with Gasteiger partial charge in [0.2, 0.25) is 5.91 Å². The van der Waals surface area contributed by atoms with Crippen molar-refractivity contribution in [2.75, 3.05) is 0 Å². The summed E-state index contributed by atoms with van der Waals surface area (Å²) in [5.74, 6) is -0.447. The van der Waals surface area contributed by atoms with E-state index in [1.165, 1.54) is 0 Å². The maximum Gasteiger partial charge on any atom is 0.318 e. The number of carbonyl (C=O) groups excluding carboxylic acids is 2. The van der Waals surface area contributed by atoms with Gasteiger partial charge in [0.1, 0.15) is 6.04 Å². The van der Waals surface area contributed by atoms with Gasteiger partial charge >= 0.3 is 6.03 Å². The first kappa shape index (κ1) is 13.2. The Hall–Kier alpha value is -1.88. The Morgan fingerprint density at radius 2 is 1.76 bits per heavy atom. The van der Waals surface area contributed by atoms with Crippen molar-refractivity contribution in [2.45, 2.75) is 25.9 Å². The number of carbonyl (C=O) groups is 2. The van der Waals surface area contributed by atoms with Crippen molar-refractivity contribution in [1.82, 2.24) is 10.6 Å². The average Bonchev–Trinajstić information content (AvgIpc) is 2.25. The lowest BCUT2D eigenvalue weighted by Crippen LogP contribution is -2.44. The van der Waals surface area contributed by atoms with Crippen LogP contribution in [0.5, 0.6) is 0 Å². The molecule has 17 heavy (non-hydrogen) atoms. The quantitative estimate of drug-likeness (QED) is 0.725. The van der Waals surface area contributed by atoms with Crippen molar-refractivity contribution in [1.29, 1.82) is 0 Å². The van der Waals surface area contributed by atoms with Gasteiger partial charge in [-0.1, -0.05) is 30.3 Å². The van der Waals surface area contributed by atoms with Crippen LogP contribution >= 0.6 is 0 Å². The van der Waals surface area contributed by atoms with Crippen LogP contribution in [0.3, 0.4) is 0 Å². The predicted octanol–water partition coefficient (Wildman–Crippen LogP) is 0.921. The third-order valence-corrected chi connectivity index (χ3v) is 2.14. The molecule has 0 spiro atoms. The van der Waals surface area contributed by atoms with Gasteiger partial charge in [-0.25, -0.2) is 4.79 Å². The largest absolute Gasteiger partial charge is 0.351 e. The fourth-order valence-corrected chi connectivity index (χ4v) is 1.50. The van der Waals surface area contributed by atoms with Gasteiger partial charge in [-0.2, -0.15) is 0 Å². The highest BCUT2D eigenvalue weighted by Crippen LogP contribution is 2.13. The van der Waals surface area contributed by atoms with Gasteiger partial charge in [0.15, 0.2) is 0 Å². The fraction of sp³-hybridized carbons (Fsp3) is 0.333. The molecule has 0 aliphatic heterocycles. The van der Waals surface area contributed by atoms with Crippen LogP contribution in [-0.4, -0.2) is 18.0 Å². The Balaban J connectivity index is 2.88. The molecular formula is C12H17N3O2. The van der Waals surface area contributed by atoms with Crippen LogP contribution in [0.15, 0.2) is 30.3 Å². The van der Waals surface area contributed by atoms with Crippen LogP contribution in [0, 0.1) is 0 Å². The molecule has 0 radical (unpaired) electrons. The topological polar surface area (TPSA) is 84.2 Å². The van der Waals surface area contributed by atoms with Gasteiger partial charge < -0.3 is 5.73 Å². The molecule has 4 N–H and O–H groups in total. The number of imide groups is 1. The highest BCUT2D eigenvalue weighted by Gasteiger charge is 2.21. The Morgan fingerprint density at radius 1 is 1.18 bits per heavy atom. The number of urea groups is 1. The molecule has 1 aromatic carbocycles. The number of primary amides is 1. The molecule has 0 aliphatic rings. The van der Waals surface area contributed by atoms with Gasteiger partial charge in [-0.05, 0) is 19.4 Å². The molecule has 0 unspecified atom stereocenters. The molecule has 1 atom stereocenters. The van der Waals surface area contributed by atoms with Crippen LogP contribution in [0.4, 0.5) is 4.79 Å². The highest BCUT2D eigenvalue weighted by molar-refractivity contribution is 5.96. The van der Waals surface area contributed by atoms with E-state index in [0.29, 0.717) is 0 Å². The number of benzene rings is 1. The molecule has 0 saturated heterocycles. The van der Waals surface area contributed by atoms with Crippen molar-refractivity contribution in [3.8, 4) is 0 Å². The van der Waals surface area contributed by atoms with E-state index in [1.807, 2.05) is 44.2 Å². The SMILES string of the molecule is CC(C)N[C@@H](C(=O)NC(N)=O)c1ccccc1. The Kier molecular flexibility index (Phi) is 4.66. The number of nitrogens with two attached hydrogens (primary N) is 1. The fourth-order valence-electron chi connectivity index (χ4n) is 1.50. The molecule has 1 aromatic rings. The second kappa shape index (κ2) is 6.00. The standard InChI is InChI=1S/C12H17N3O2/c1-8(2)14-10(11(16)15-12(13)17)9-6-4-3-5-7-9/h3-8,10,14H,1-2H3,(H3,13,15,16,17)/t10-/m1/s1. The summed E-state index contributed by atoms with van der Waals surface area (Å²) in [5, 5.41) is 5.17. The maximum atomic E-state index is 11.8. The molecule has 0 bridgehead atoms. The first-order chi connectivity index (χ1) is 8.00. The lowest BCUT2D eigenvalue weighted by molar-refractivity contribution is -0.122. The van der Waals surface area contributed by atoms with Crippen LogP contribution in [0.1, 0.15) is 25.5 Å². The first-order valence-electron chi connectivity index (χ1n) is 5.42. The van der Waals surface area contributed by atoms with E-state index in [9.17, 15) is 9.59 Å². The molecule has 5 nitrogen and oxygen atoms in total. The van der Waals surface area contributed by atoms with Crippen molar-refractivity contribution in [3.63, 3.8) is 0 Å². The first-order valence-corrected chi connectivity index (χ1v) is 5.42. The lowest BCUT2D eigenvalue weighted by atomic mass is 10.1.